The lowest BCUT2D eigenvalue weighted by Gasteiger charge is -2.20. The lowest BCUT2D eigenvalue weighted by molar-refractivity contribution is 0.628. The number of azo groups is 2. The average Bonchev–Trinajstić information content (AvgIpc) is 3.29. The molecule has 0 spiro atoms. The van der Waals surface area contributed by atoms with E-state index in [1.54, 1.807) is 12.1 Å². The third-order valence-corrected chi connectivity index (χ3v) is 6.97. The zero-order chi connectivity index (χ0) is 24.6. The molecule has 0 aliphatic rings. The van der Waals surface area contributed by atoms with Crippen LogP contribution in [0.15, 0.2) is 87.2 Å². The van der Waals surface area contributed by atoms with E-state index in [4.69, 9.17) is 0 Å². The summed E-state index contributed by atoms with van der Waals surface area (Å²) in [5.74, 6) is -0.487. The minimum absolute atomic E-state index is 0.163. The second-order valence-corrected chi connectivity index (χ2v) is 9.43. The molecular formula is C28H30FN5S. The summed E-state index contributed by atoms with van der Waals surface area (Å²) in [7, 11) is 0. The van der Waals surface area contributed by atoms with Gasteiger partial charge in [-0.25, -0.2) is 4.39 Å². The standard InChI is InChI=1S/C28H30FN5S/c1-4-7-8-25-18-20-17-22(12-16-28(20)35-25)31-32-23-11-15-27(26(29)19-23)33-30-21-9-13-24(14-10-21)34(5-2)6-3/h9-19H,4-8H2,1-3H3. The average molecular weight is 488 g/mol. The number of aryl methyl sites for hydroxylation is 1. The van der Waals surface area contributed by atoms with Crippen LogP contribution in [-0.2, 0) is 6.42 Å². The third kappa shape index (κ3) is 6.36. The van der Waals surface area contributed by atoms with Gasteiger partial charge in [0.15, 0.2) is 5.82 Å². The number of hydrogen-bond donors (Lipinski definition) is 0. The monoisotopic (exact) mass is 487 g/mol. The summed E-state index contributed by atoms with van der Waals surface area (Å²) in [6, 6.07) is 20.6. The molecule has 0 fully saturated rings. The van der Waals surface area contributed by atoms with E-state index >= 15 is 0 Å². The summed E-state index contributed by atoms with van der Waals surface area (Å²) < 4.78 is 15.8. The molecule has 1 aromatic heterocycles. The molecule has 3 aromatic carbocycles. The van der Waals surface area contributed by atoms with Gasteiger partial charge in [0, 0.05) is 34.4 Å². The lowest BCUT2D eigenvalue weighted by Crippen LogP contribution is -2.21. The summed E-state index contributed by atoms with van der Waals surface area (Å²) in [6.45, 7) is 8.32. The Morgan fingerprint density at radius 1 is 0.743 bits per heavy atom. The van der Waals surface area contributed by atoms with Gasteiger partial charge in [0.25, 0.3) is 0 Å². The van der Waals surface area contributed by atoms with Crippen molar-refractivity contribution in [3.05, 3.63) is 77.4 Å². The maximum absolute atomic E-state index is 14.6. The third-order valence-electron chi connectivity index (χ3n) is 5.79. The number of halogens is 1. The Morgan fingerprint density at radius 2 is 1.40 bits per heavy atom. The lowest BCUT2D eigenvalue weighted by atomic mass is 10.2. The Morgan fingerprint density at radius 3 is 2.09 bits per heavy atom. The SMILES string of the molecule is CCCCc1cc2cc(N=Nc3ccc(N=Nc4ccc(N(CC)CC)cc4)c(F)c3)ccc2s1. The van der Waals surface area contributed by atoms with E-state index in [0.717, 1.165) is 30.9 Å². The van der Waals surface area contributed by atoms with Gasteiger partial charge >= 0.3 is 0 Å². The van der Waals surface area contributed by atoms with Crippen molar-refractivity contribution in [2.24, 2.45) is 20.5 Å². The Balaban J connectivity index is 1.43. The van der Waals surface area contributed by atoms with Crippen LogP contribution >= 0.6 is 11.3 Å². The minimum atomic E-state index is -0.487. The molecule has 1 heterocycles. The largest absolute Gasteiger partial charge is 0.372 e. The van der Waals surface area contributed by atoms with Crippen molar-refractivity contribution >= 4 is 49.9 Å². The highest BCUT2D eigenvalue weighted by Gasteiger charge is 2.05. The van der Waals surface area contributed by atoms with E-state index in [9.17, 15) is 4.39 Å². The fourth-order valence-electron chi connectivity index (χ4n) is 3.81. The van der Waals surface area contributed by atoms with Crippen LogP contribution < -0.4 is 4.90 Å². The molecule has 0 atom stereocenters. The van der Waals surface area contributed by atoms with Gasteiger partial charge in [-0.3, -0.25) is 0 Å². The van der Waals surface area contributed by atoms with Crippen molar-refractivity contribution in [2.45, 2.75) is 40.0 Å². The summed E-state index contributed by atoms with van der Waals surface area (Å²) >= 11 is 1.83. The van der Waals surface area contributed by atoms with Crippen molar-refractivity contribution in [3.63, 3.8) is 0 Å². The first kappa shape index (κ1) is 24.7. The Bertz CT molecular complexity index is 1320. The second-order valence-electron chi connectivity index (χ2n) is 8.26. The Hall–Kier alpha value is -3.45. The van der Waals surface area contributed by atoms with Crippen LogP contribution in [0.5, 0.6) is 0 Å². The molecule has 4 aromatic rings. The normalized spacial score (nSPS) is 11.8. The van der Waals surface area contributed by atoms with E-state index in [1.807, 2.05) is 47.7 Å². The summed E-state index contributed by atoms with van der Waals surface area (Å²) in [6.07, 6.45) is 3.50. The van der Waals surface area contributed by atoms with Gasteiger partial charge in [-0.2, -0.15) is 15.3 Å². The van der Waals surface area contributed by atoms with Gasteiger partial charge in [0.2, 0.25) is 0 Å². The maximum atomic E-state index is 14.6. The van der Waals surface area contributed by atoms with E-state index in [1.165, 1.54) is 33.9 Å². The molecule has 0 saturated heterocycles. The van der Waals surface area contributed by atoms with Gasteiger partial charge in [-0.05, 0) is 92.7 Å². The number of unbranched alkanes of at least 4 members (excludes halogenated alkanes) is 1. The molecule has 0 amide bonds. The highest BCUT2D eigenvalue weighted by atomic mass is 32.1. The Kier molecular flexibility index (Phi) is 8.32. The fraction of sp³-hybridized carbons (Fsp3) is 0.286. The molecule has 4 rings (SSSR count). The highest BCUT2D eigenvalue weighted by Crippen LogP contribution is 2.32. The predicted octanol–water partition coefficient (Wildman–Crippen LogP) is 10.1. The van der Waals surface area contributed by atoms with E-state index in [2.05, 4.69) is 58.3 Å². The fourth-order valence-corrected chi connectivity index (χ4v) is 4.89. The number of fused-ring (bicyclic) bond motifs is 1. The molecule has 5 nitrogen and oxygen atoms in total. The molecule has 0 N–H and O–H groups in total. The van der Waals surface area contributed by atoms with Crippen LogP contribution in [0.25, 0.3) is 10.1 Å². The molecule has 0 unspecified atom stereocenters. The van der Waals surface area contributed by atoms with Crippen molar-refractivity contribution in [2.75, 3.05) is 18.0 Å². The van der Waals surface area contributed by atoms with Gasteiger partial charge in [0.05, 0.1) is 17.1 Å². The summed E-state index contributed by atoms with van der Waals surface area (Å²) in [5.41, 5.74) is 3.14. The zero-order valence-corrected chi connectivity index (χ0v) is 21.2. The van der Waals surface area contributed by atoms with Gasteiger partial charge in [-0.1, -0.05) is 13.3 Å². The molecule has 0 aliphatic carbocycles. The first-order valence-electron chi connectivity index (χ1n) is 12.1. The quantitative estimate of drug-likeness (QED) is 0.205. The van der Waals surface area contributed by atoms with Crippen LogP contribution in [0.2, 0.25) is 0 Å². The van der Waals surface area contributed by atoms with Crippen LogP contribution in [0.3, 0.4) is 0 Å². The molecule has 0 radical (unpaired) electrons. The smallest absolute Gasteiger partial charge is 0.152 e. The maximum Gasteiger partial charge on any atom is 0.152 e. The first-order chi connectivity index (χ1) is 17.1. The van der Waals surface area contributed by atoms with Gasteiger partial charge in [-0.15, -0.1) is 16.5 Å². The number of hydrogen-bond acceptors (Lipinski definition) is 6. The first-order valence-corrected chi connectivity index (χ1v) is 12.9. The summed E-state index contributed by atoms with van der Waals surface area (Å²) in [4.78, 5) is 3.64. The van der Waals surface area contributed by atoms with E-state index in [0.29, 0.717) is 11.4 Å². The van der Waals surface area contributed by atoms with Crippen molar-refractivity contribution in [1.29, 1.82) is 0 Å². The molecule has 0 aliphatic heterocycles. The van der Waals surface area contributed by atoms with Crippen LogP contribution in [0.4, 0.5) is 32.8 Å². The van der Waals surface area contributed by atoms with Crippen molar-refractivity contribution in [1.82, 2.24) is 0 Å². The molecule has 0 saturated carbocycles. The van der Waals surface area contributed by atoms with Crippen molar-refractivity contribution < 1.29 is 4.39 Å². The Labute approximate surface area is 210 Å². The van der Waals surface area contributed by atoms with Crippen LogP contribution in [0, 0.1) is 5.82 Å². The van der Waals surface area contributed by atoms with E-state index in [-0.39, 0.29) is 5.69 Å². The zero-order valence-electron chi connectivity index (χ0n) is 20.4. The minimum Gasteiger partial charge on any atom is -0.372 e. The molecular weight excluding hydrogens is 457 g/mol. The van der Waals surface area contributed by atoms with Crippen LogP contribution in [-0.4, -0.2) is 13.1 Å². The second kappa shape index (κ2) is 11.8. The molecule has 35 heavy (non-hydrogen) atoms. The van der Waals surface area contributed by atoms with Gasteiger partial charge in [0.1, 0.15) is 5.69 Å². The topological polar surface area (TPSA) is 52.7 Å². The number of rotatable bonds is 10. The highest BCUT2D eigenvalue weighted by molar-refractivity contribution is 7.19. The molecule has 180 valence electrons. The number of benzene rings is 3. The van der Waals surface area contributed by atoms with E-state index < -0.39 is 5.82 Å². The van der Waals surface area contributed by atoms with Gasteiger partial charge < -0.3 is 4.90 Å². The van der Waals surface area contributed by atoms with Crippen molar-refractivity contribution in [3.8, 4) is 0 Å². The number of nitrogens with zero attached hydrogens (tertiary/aromatic N) is 5. The molecule has 7 heteroatoms. The van der Waals surface area contributed by atoms with Crippen LogP contribution in [0.1, 0.15) is 38.5 Å². The molecule has 0 bridgehead atoms. The number of anilines is 1. The summed E-state index contributed by atoms with van der Waals surface area (Å²) in [5, 5.41) is 17.9. The number of thiophene rings is 1. The predicted molar refractivity (Wildman–Crippen MR) is 145 cm³/mol.